The zero-order chi connectivity index (χ0) is 30.8. The van der Waals surface area contributed by atoms with Crippen molar-refractivity contribution in [2.75, 3.05) is 6.54 Å². The predicted molar refractivity (Wildman–Crippen MR) is 140 cm³/mol. The molecule has 0 aliphatic heterocycles. The Morgan fingerprint density at radius 2 is 1.83 bits per heavy atom. The Labute approximate surface area is 242 Å². The number of hydrogen-bond acceptors (Lipinski definition) is 6. The molecule has 0 spiro atoms. The van der Waals surface area contributed by atoms with Crippen LogP contribution in [0.2, 0.25) is 0 Å². The lowest BCUT2D eigenvalue weighted by atomic mass is 10.1. The Hall–Kier alpha value is -4.53. The molecule has 15 heteroatoms. The van der Waals surface area contributed by atoms with Crippen LogP contribution in [-0.2, 0) is 12.7 Å². The summed E-state index contributed by atoms with van der Waals surface area (Å²) in [7, 11) is 0. The summed E-state index contributed by atoms with van der Waals surface area (Å²) in [6, 6.07) is 7.20. The second-order valence-electron chi connectivity index (χ2n) is 8.92. The summed E-state index contributed by atoms with van der Waals surface area (Å²) in [6.07, 6.45) is -4.46. The van der Waals surface area contributed by atoms with Crippen LogP contribution in [0.3, 0.4) is 0 Å². The van der Waals surface area contributed by atoms with Gasteiger partial charge in [-0.1, -0.05) is 12.1 Å². The molecule has 9 nitrogen and oxygen atoms in total. The standard InChI is InChI=1S/C27H20BrF5N4O5/c1-13-10-35-9-8-15(13)11-37(26(39)40)12-19(41-18-7-6-17(29)20(21(18)30)24(34)38)25-36-22(23(28)42-25)14-2-4-16(5-3-14)27(31,32)33/h2-10,19H,11-12H2,1H3,(H2,34,38)(H,39,40). The van der Waals surface area contributed by atoms with Crippen LogP contribution in [0.4, 0.5) is 26.7 Å². The summed E-state index contributed by atoms with van der Waals surface area (Å²) >= 11 is 3.15. The molecule has 42 heavy (non-hydrogen) atoms. The van der Waals surface area contributed by atoms with E-state index in [2.05, 4.69) is 25.9 Å². The topological polar surface area (TPSA) is 132 Å². The maximum absolute atomic E-state index is 15.1. The van der Waals surface area contributed by atoms with Crippen molar-refractivity contribution in [2.24, 2.45) is 5.73 Å². The second-order valence-corrected chi connectivity index (χ2v) is 9.64. The smallest absolute Gasteiger partial charge is 0.416 e. The van der Waals surface area contributed by atoms with Crippen LogP contribution < -0.4 is 10.5 Å². The van der Waals surface area contributed by atoms with Gasteiger partial charge in [-0.25, -0.2) is 18.6 Å². The number of hydrogen-bond donors (Lipinski definition) is 2. The lowest BCUT2D eigenvalue weighted by Gasteiger charge is -2.25. The third-order valence-corrected chi connectivity index (χ3v) is 6.63. The Morgan fingerprint density at radius 1 is 1.14 bits per heavy atom. The highest BCUT2D eigenvalue weighted by atomic mass is 79.9. The zero-order valence-electron chi connectivity index (χ0n) is 21.5. The summed E-state index contributed by atoms with van der Waals surface area (Å²) in [5.41, 5.74) is 4.64. The molecule has 2 aromatic carbocycles. The van der Waals surface area contributed by atoms with Crippen LogP contribution in [-0.4, -0.2) is 38.5 Å². The number of alkyl halides is 3. The van der Waals surface area contributed by atoms with Crippen LogP contribution in [0, 0.1) is 18.6 Å². The highest BCUT2D eigenvalue weighted by Gasteiger charge is 2.32. The van der Waals surface area contributed by atoms with E-state index in [1.807, 2.05) is 0 Å². The van der Waals surface area contributed by atoms with E-state index in [1.165, 1.54) is 12.4 Å². The van der Waals surface area contributed by atoms with Crippen molar-refractivity contribution in [1.82, 2.24) is 14.9 Å². The van der Waals surface area contributed by atoms with Gasteiger partial charge in [0.2, 0.25) is 5.89 Å². The van der Waals surface area contributed by atoms with Crippen LogP contribution in [0.15, 0.2) is 63.9 Å². The van der Waals surface area contributed by atoms with Crippen molar-refractivity contribution in [3.8, 4) is 17.0 Å². The van der Waals surface area contributed by atoms with Gasteiger partial charge in [-0.2, -0.15) is 13.2 Å². The third kappa shape index (κ3) is 6.67. The summed E-state index contributed by atoms with van der Waals surface area (Å²) in [4.78, 5) is 33.0. The predicted octanol–water partition coefficient (Wildman–Crippen LogP) is 6.50. The average molecular weight is 655 g/mol. The normalized spacial score (nSPS) is 12.2. The van der Waals surface area contributed by atoms with Gasteiger partial charge in [0.05, 0.1) is 12.1 Å². The van der Waals surface area contributed by atoms with Gasteiger partial charge in [0, 0.05) is 24.5 Å². The van der Waals surface area contributed by atoms with Gasteiger partial charge in [-0.3, -0.25) is 14.7 Å². The molecule has 1 unspecified atom stereocenters. The van der Waals surface area contributed by atoms with Gasteiger partial charge >= 0.3 is 12.3 Å². The number of aromatic nitrogens is 2. The van der Waals surface area contributed by atoms with Crippen molar-refractivity contribution < 1.29 is 45.8 Å². The van der Waals surface area contributed by atoms with Gasteiger partial charge in [0.25, 0.3) is 5.91 Å². The van der Waals surface area contributed by atoms with E-state index in [9.17, 15) is 32.3 Å². The van der Waals surface area contributed by atoms with E-state index in [4.69, 9.17) is 14.9 Å². The van der Waals surface area contributed by atoms with Crippen molar-refractivity contribution >= 4 is 27.9 Å². The van der Waals surface area contributed by atoms with Gasteiger partial charge in [0.1, 0.15) is 17.1 Å². The van der Waals surface area contributed by atoms with E-state index in [0.29, 0.717) is 11.1 Å². The van der Waals surface area contributed by atoms with Crippen molar-refractivity contribution in [2.45, 2.75) is 25.7 Å². The molecule has 4 rings (SSSR count). The fourth-order valence-electron chi connectivity index (χ4n) is 3.91. The second kappa shape index (κ2) is 12.1. The van der Waals surface area contributed by atoms with E-state index >= 15 is 4.39 Å². The number of primary amides is 1. The maximum atomic E-state index is 15.1. The number of amides is 2. The minimum absolute atomic E-state index is 0.0385. The summed E-state index contributed by atoms with van der Waals surface area (Å²) in [6.45, 7) is 1.05. The molecular formula is C27H20BrF5N4O5. The van der Waals surface area contributed by atoms with Crippen LogP contribution in [0.5, 0.6) is 5.75 Å². The Morgan fingerprint density at radius 3 is 2.43 bits per heavy atom. The number of carboxylic acid groups (broad SMARTS) is 1. The van der Waals surface area contributed by atoms with E-state index in [1.54, 1.807) is 13.0 Å². The number of pyridine rings is 1. The van der Waals surface area contributed by atoms with Gasteiger partial charge < -0.3 is 20.0 Å². The first-order valence-corrected chi connectivity index (χ1v) is 12.7. The number of carbonyl (C=O) groups excluding carboxylic acids is 1. The van der Waals surface area contributed by atoms with Crippen molar-refractivity contribution in [1.29, 1.82) is 0 Å². The summed E-state index contributed by atoms with van der Waals surface area (Å²) < 4.78 is 79.5. The van der Waals surface area contributed by atoms with E-state index in [0.717, 1.165) is 41.3 Å². The first-order chi connectivity index (χ1) is 19.8. The molecule has 220 valence electrons. The van der Waals surface area contributed by atoms with Gasteiger partial charge in [-0.15, -0.1) is 0 Å². The number of nitrogens with two attached hydrogens (primary N) is 1. The highest BCUT2D eigenvalue weighted by molar-refractivity contribution is 9.10. The molecule has 2 aromatic heterocycles. The number of aryl methyl sites for hydroxylation is 1. The molecule has 1 atom stereocenters. The lowest BCUT2D eigenvalue weighted by Crippen LogP contribution is -2.35. The lowest BCUT2D eigenvalue weighted by molar-refractivity contribution is -0.137. The Balaban J connectivity index is 1.75. The van der Waals surface area contributed by atoms with Crippen molar-refractivity contribution in [3.63, 3.8) is 0 Å². The van der Waals surface area contributed by atoms with Crippen molar-refractivity contribution in [3.05, 3.63) is 99.3 Å². The SMILES string of the molecule is Cc1cnccc1CN(CC(Oc1ccc(F)c(C(N)=O)c1F)c1nc(-c2ccc(C(F)(F)F)cc2)c(Br)o1)C(=O)O. The molecule has 2 heterocycles. The quantitative estimate of drug-likeness (QED) is 0.197. The maximum Gasteiger partial charge on any atom is 0.416 e. The molecule has 0 bridgehead atoms. The molecule has 2 amide bonds. The van der Waals surface area contributed by atoms with Crippen LogP contribution >= 0.6 is 15.9 Å². The number of rotatable bonds is 9. The first-order valence-electron chi connectivity index (χ1n) is 11.9. The molecule has 4 aromatic rings. The number of oxazole rings is 1. The molecule has 0 aliphatic carbocycles. The van der Waals surface area contributed by atoms with E-state index in [-0.39, 0.29) is 28.4 Å². The minimum atomic E-state index is -4.57. The largest absolute Gasteiger partial charge is 0.476 e. The first kappa shape index (κ1) is 30.4. The molecule has 3 N–H and O–H groups in total. The number of ether oxygens (including phenoxy) is 1. The third-order valence-electron chi connectivity index (χ3n) is 6.09. The monoisotopic (exact) mass is 654 g/mol. The highest BCUT2D eigenvalue weighted by Crippen LogP contribution is 2.36. The number of halogens is 6. The molecule has 0 aliphatic rings. The fraction of sp³-hybridized carbons (Fsp3) is 0.185. The number of carbonyl (C=O) groups is 2. The average Bonchev–Trinajstić information content (AvgIpc) is 3.31. The molecule has 0 saturated heterocycles. The fourth-order valence-corrected chi connectivity index (χ4v) is 4.40. The van der Waals surface area contributed by atoms with E-state index < -0.39 is 59.3 Å². The number of benzene rings is 2. The Bertz CT molecular complexity index is 1630. The zero-order valence-corrected chi connectivity index (χ0v) is 23.0. The molecule has 0 radical (unpaired) electrons. The minimum Gasteiger partial charge on any atom is -0.476 e. The molecule has 0 fully saturated rings. The molecular weight excluding hydrogens is 635 g/mol. The van der Waals surface area contributed by atoms with Gasteiger partial charge in [-0.05, 0) is 64.3 Å². The van der Waals surface area contributed by atoms with Gasteiger partial charge in [0.15, 0.2) is 22.3 Å². The summed E-state index contributed by atoms with van der Waals surface area (Å²) in [5.74, 6) is -5.05. The Kier molecular flexibility index (Phi) is 8.80. The summed E-state index contributed by atoms with van der Waals surface area (Å²) in [5, 5.41) is 9.94. The number of nitrogens with zero attached hydrogens (tertiary/aromatic N) is 3. The van der Waals surface area contributed by atoms with Crippen LogP contribution in [0.1, 0.15) is 39.0 Å². The molecule has 0 saturated carbocycles. The van der Waals surface area contributed by atoms with Crippen LogP contribution in [0.25, 0.3) is 11.3 Å².